The maximum absolute atomic E-state index is 12.6. The fourth-order valence-electron chi connectivity index (χ4n) is 5.59. The number of aryl methyl sites for hydroxylation is 2. The molecule has 3 heterocycles. The Morgan fingerprint density at radius 1 is 1.14 bits per heavy atom. The van der Waals surface area contributed by atoms with Crippen molar-refractivity contribution in [2.75, 3.05) is 13.7 Å². The van der Waals surface area contributed by atoms with Crippen molar-refractivity contribution < 1.29 is 19.4 Å². The lowest BCUT2D eigenvalue weighted by atomic mass is 9.95. The summed E-state index contributed by atoms with van der Waals surface area (Å²) in [6.45, 7) is 5.12. The molecule has 2 N–H and O–H groups in total. The molecule has 0 aliphatic rings. The first-order valence-corrected chi connectivity index (χ1v) is 15.1. The first-order chi connectivity index (χ1) is 21.2. The molecule has 0 bridgehead atoms. The number of aromatic nitrogens is 5. The summed E-state index contributed by atoms with van der Waals surface area (Å²) in [5, 5.41) is 9.95. The van der Waals surface area contributed by atoms with Crippen LogP contribution in [0.4, 0.5) is 0 Å². The molecular weight excluding hydrogens is 578 g/mol. The van der Waals surface area contributed by atoms with Gasteiger partial charge in [-0.05, 0) is 59.9 Å². The Morgan fingerprint density at radius 3 is 2.70 bits per heavy atom. The average molecular weight is 612 g/mol. The summed E-state index contributed by atoms with van der Waals surface area (Å²) in [7, 11) is 3.38. The molecule has 6 aromatic rings. The van der Waals surface area contributed by atoms with Crippen LogP contribution in [0, 0.1) is 6.92 Å². The number of thiazole rings is 1. The summed E-state index contributed by atoms with van der Waals surface area (Å²) < 4.78 is 15.3. The molecule has 0 aliphatic heterocycles. The fourth-order valence-corrected chi connectivity index (χ4v) is 6.35. The van der Waals surface area contributed by atoms with Crippen molar-refractivity contribution in [1.82, 2.24) is 24.1 Å². The van der Waals surface area contributed by atoms with Crippen molar-refractivity contribution in [1.29, 1.82) is 0 Å². The van der Waals surface area contributed by atoms with Gasteiger partial charge in [-0.1, -0.05) is 42.5 Å². The van der Waals surface area contributed by atoms with Gasteiger partial charge in [-0.15, -0.1) is 0 Å². The number of carbonyl (C=O) groups is 1. The zero-order valence-corrected chi connectivity index (χ0v) is 25.8. The number of aromatic hydroxyl groups is 1. The number of carbonyl (C=O) groups excluding carboxylic acids is 1. The van der Waals surface area contributed by atoms with E-state index in [0.717, 1.165) is 56.8 Å². The number of H-pyrrole nitrogens is 1. The lowest BCUT2D eigenvalue weighted by Crippen LogP contribution is -2.11. The molecule has 3 aromatic carbocycles. The van der Waals surface area contributed by atoms with Crippen LogP contribution >= 0.6 is 11.3 Å². The van der Waals surface area contributed by atoms with Crippen LogP contribution in [0.2, 0.25) is 0 Å². The molecule has 1 atom stereocenters. The zero-order valence-electron chi connectivity index (χ0n) is 25.0. The van der Waals surface area contributed by atoms with Gasteiger partial charge in [0.05, 0.1) is 46.9 Å². The van der Waals surface area contributed by atoms with Gasteiger partial charge in [0, 0.05) is 19.9 Å². The molecule has 0 saturated heterocycles. The summed E-state index contributed by atoms with van der Waals surface area (Å²) in [6.07, 6.45) is 2.92. The van der Waals surface area contributed by atoms with Gasteiger partial charge in [-0.3, -0.25) is 9.78 Å². The van der Waals surface area contributed by atoms with Gasteiger partial charge in [-0.2, -0.15) is 0 Å². The molecule has 0 aliphatic carbocycles. The fraction of sp³-hybridized carbons (Fsp3) is 0.273. The lowest BCUT2D eigenvalue weighted by Gasteiger charge is -2.15. The Kier molecular flexibility index (Phi) is 7.96. The Balaban J connectivity index is 1.19. The van der Waals surface area contributed by atoms with E-state index in [0.29, 0.717) is 23.8 Å². The van der Waals surface area contributed by atoms with Gasteiger partial charge in [0.1, 0.15) is 23.7 Å². The highest BCUT2D eigenvalue weighted by Crippen LogP contribution is 2.29. The van der Waals surface area contributed by atoms with Gasteiger partial charge in [-0.25, -0.2) is 14.8 Å². The van der Waals surface area contributed by atoms with Gasteiger partial charge in [0.2, 0.25) is 5.88 Å². The van der Waals surface area contributed by atoms with Crippen LogP contribution in [0.5, 0.6) is 11.6 Å². The highest BCUT2D eigenvalue weighted by Gasteiger charge is 2.18. The smallest absolute Gasteiger partial charge is 0.341 e. The van der Waals surface area contributed by atoms with E-state index in [1.165, 1.54) is 12.7 Å². The number of fused-ring (bicyclic) bond motifs is 2. The van der Waals surface area contributed by atoms with Crippen LogP contribution in [-0.2, 0) is 31.2 Å². The number of ether oxygens (including phenoxy) is 2. The van der Waals surface area contributed by atoms with E-state index in [9.17, 15) is 14.7 Å². The molecule has 44 heavy (non-hydrogen) atoms. The number of esters is 1. The second-order valence-electron chi connectivity index (χ2n) is 11.0. The second kappa shape index (κ2) is 12.0. The second-order valence-corrected chi connectivity index (χ2v) is 12.0. The summed E-state index contributed by atoms with van der Waals surface area (Å²) >= 11 is 0.930. The van der Waals surface area contributed by atoms with Gasteiger partial charge in [0.15, 0.2) is 0 Å². The molecule has 3 aromatic heterocycles. The number of nitrogens with one attached hydrogen (secondary N) is 1. The van der Waals surface area contributed by atoms with Crippen molar-refractivity contribution in [2.45, 2.75) is 39.2 Å². The third-order valence-corrected chi connectivity index (χ3v) is 8.85. The van der Waals surface area contributed by atoms with Gasteiger partial charge < -0.3 is 23.7 Å². The molecule has 0 fully saturated rings. The molecule has 0 radical (unpaired) electrons. The molecule has 6 rings (SSSR count). The third kappa shape index (κ3) is 5.70. The van der Waals surface area contributed by atoms with Gasteiger partial charge in [0.25, 0.3) is 0 Å². The first-order valence-electron chi connectivity index (χ1n) is 14.3. The summed E-state index contributed by atoms with van der Waals surface area (Å²) in [5.41, 5.74) is 7.43. The minimum atomic E-state index is -0.531. The number of hydrogen-bond acceptors (Lipinski definition) is 8. The van der Waals surface area contributed by atoms with E-state index in [1.54, 1.807) is 18.2 Å². The lowest BCUT2D eigenvalue weighted by molar-refractivity contribution is 0.0595. The molecule has 0 amide bonds. The van der Waals surface area contributed by atoms with E-state index in [1.807, 2.05) is 24.5 Å². The highest BCUT2D eigenvalue weighted by molar-refractivity contribution is 7.09. The maximum Gasteiger partial charge on any atom is 0.341 e. The third-order valence-electron chi connectivity index (χ3n) is 7.98. The van der Waals surface area contributed by atoms with E-state index in [4.69, 9.17) is 14.5 Å². The quantitative estimate of drug-likeness (QED) is 0.196. The van der Waals surface area contributed by atoms with E-state index in [-0.39, 0.29) is 28.7 Å². The SMILES string of the molecule is COC(=O)c1cc(Cc2sc(=O)[nH]c2O)ccc1OCCn1cnc2c(C)cc(C(C)Cc3nc4ccccc4n3C)cc21. The topological polar surface area (TPSA) is 124 Å². The van der Waals surface area contributed by atoms with Crippen molar-refractivity contribution in [3.05, 3.63) is 104 Å². The number of methoxy groups -OCH3 is 1. The van der Waals surface area contributed by atoms with Crippen LogP contribution in [0.15, 0.2) is 65.7 Å². The largest absolute Gasteiger partial charge is 0.494 e. The van der Waals surface area contributed by atoms with Gasteiger partial charge >= 0.3 is 10.8 Å². The summed E-state index contributed by atoms with van der Waals surface area (Å²) in [4.78, 5) is 36.2. The average Bonchev–Trinajstić information content (AvgIpc) is 3.67. The first kappa shape index (κ1) is 29.2. The summed E-state index contributed by atoms with van der Waals surface area (Å²) in [5.74, 6) is 0.987. The molecule has 0 saturated carbocycles. The number of para-hydroxylation sites is 2. The standard InChI is InChI=1S/C33H33N5O5S/c1-19(14-29-35-24-7-5-6-8-25(24)37(29)3)22-13-20(2)30-26(17-22)38(18-34-30)11-12-43-27-10-9-21(15-23(27)32(40)42-4)16-28-31(39)36-33(41)44-28/h5-10,13,15,17-19,39H,11-12,14,16H2,1-4H3,(H,36,41). The van der Waals surface area contributed by atoms with Crippen molar-refractivity contribution in [2.24, 2.45) is 7.05 Å². The molecular formula is C33H33N5O5S. The number of rotatable bonds is 10. The normalized spacial score (nSPS) is 12.2. The molecule has 11 heteroatoms. The number of nitrogens with zero attached hydrogens (tertiary/aromatic N) is 4. The van der Waals surface area contributed by atoms with Crippen LogP contribution < -0.4 is 9.61 Å². The number of imidazole rings is 2. The Morgan fingerprint density at radius 2 is 1.95 bits per heavy atom. The highest BCUT2D eigenvalue weighted by atomic mass is 32.1. The number of benzene rings is 3. The van der Waals surface area contributed by atoms with Crippen molar-refractivity contribution >= 4 is 39.4 Å². The number of hydrogen-bond donors (Lipinski definition) is 2. The Labute approximate surface area is 257 Å². The molecule has 226 valence electrons. The van der Waals surface area contributed by atoms with E-state index < -0.39 is 5.97 Å². The Bertz CT molecular complexity index is 2050. The predicted molar refractivity (Wildman–Crippen MR) is 170 cm³/mol. The zero-order chi connectivity index (χ0) is 31.0. The van der Waals surface area contributed by atoms with Crippen LogP contribution in [-0.4, -0.2) is 48.9 Å². The van der Waals surface area contributed by atoms with Crippen molar-refractivity contribution in [3.8, 4) is 11.6 Å². The van der Waals surface area contributed by atoms with Crippen LogP contribution in [0.25, 0.3) is 22.1 Å². The molecule has 1 unspecified atom stereocenters. The predicted octanol–water partition coefficient (Wildman–Crippen LogP) is 5.49. The minimum Gasteiger partial charge on any atom is -0.494 e. The Hall–Kier alpha value is -4.90. The van der Waals surface area contributed by atoms with Crippen molar-refractivity contribution in [3.63, 3.8) is 0 Å². The summed E-state index contributed by atoms with van der Waals surface area (Å²) in [6, 6.07) is 17.8. The monoisotopic (exact) mass is 611 g/mol. The number of aromatic amines is 1. The molecule has 0 spiro atoms. The van der Waals surface area contributed by atoms with Crippen LogP contribution in [0.3, 0.4) is 0 Å². The maximum atomic E-state index is 12.6. The minimum absolute atomic E-state index is 0.162. The van der Waals surface area contributed by atoms with E-state index in [2.05, 4.69) is 58.2 Å². The molecule has 10 nitrogen and oxygen atoms in total. The van der Waals surface area contributed by atoms with E-state index >= 15 is 0 Å². The van der Waals surface area contributed by atoms with Crippen LogP contribution in [0.1, 0.15) is 50.6 Å².